The Morgan fingerprint density at radius 2 is 2.05 bits per heavy atom. The van der Waals surface area contributed by atoms with Crippen molar-refractivity contribution >= 4 is 5.91 Å². The van der Waals surface area contributed by atoms with Crippen LogP contribution < -0.4 is 0 Å². The summed E-state index contributed by atoms with van der Waals surface area (Å²) < 4.78 is 5.41. The number of carbonyl (C=O) groups is 1. The largest absolute Gasteiger partial charge is 0.467 e. The minimum absolute atomic E-state index is 0.0594. The molecule has 1 aromatic heterocycles. The topological polar surface area (TPSA) is 53.7 Å². The second-order valence-electron chi connectivity index (χ2n) is 5.02. The fraction of sp³-hybridized carbons (Fsp3) is 0.312. The van der Waals surface area contributed by atoms with Crippen LogP contribution in [0.25, 0.3) is 0 Å². The first kappa shape index (κ1) is 12.9. The molecule has 2 aromatic rings. The summed E-state index contributed by atoms with van der Waals surface area (Å²) in [5.74, 6) is 0.534. The molecule has 0 unspecified atom stereocenters. The van der Waals surface area contributed by atoms with Gasteiger partial charge in [0.15, 0.2) is 6.10 Å². The molecule has 0 aliphatic carbocycles. The van der Waals surface area contributed by atoms with Gasteiger partial charge in [0, 0.05) is 6.54 Å². The number of rotatable bonds is 3. The zero-order valence-corrected chi connectivity index (χ0v) is 11.1. The van der Waals surface area contributed by atoms with E-state index in [9.17, 15) is 9.90 Å². The molecule has 0 saturated carbocycles. The minimum Gasteiger partial charge on any atom is -0.467 e. The summed E-state index contributed by atoms with van der Waals surface area (Å²) in [6.45, 7) is 0.661. The molecule has 1 aliphatic rings. The van der Waals surface area contributed by atoms with Crippen LogP contribution in [0.15, 0.2) is 53.1 Å². The van der Waals surface area contributed by atoms with E-state index in [2.05, 4.69) is 0 Å². The zero-order valence-electron chi connectivity index (χ0n) is 11.1. The molecule has 1 amide bonds. The zero-order chi connectivity index (χ0) is 13.9. The van der Waals surface area contributed by atoms with Crippen molar-refractivity contribution in [3.63, 3.8) is 0 Å². The quantitative estimate of drug-likeness (QED) is 0.933. The molecule has 3 rings (SSSR count). The minimum atomic E-state index is -1.10. The van der Waals surface area contributed by atoms with Crippen LogP contribution in [0.4, 0.5) is 0 Å². The highest BCUT2D eigenvalue weighted by atomic mass is 16.3. The maximum atomic E-state index is 12.5. The fourth-order valence-corrected chi connectivity index (χ4v) is 2.74. The number of likely N-dealkylation sites (tertiary alicyclic amines) is 1. The third-order valence-electron chi connectivity index (χ3n) is 3.76. The predicted octanol–water partition coefficient (Wildman–Crippen LogP) is 2.68. The number of hydrogen-bond acceptors (Lipinski definition) is 3. The molecule has 4 heteroatoms. The molecule has 0 bridgehead atoms. The number of benzene rings is 1. The van der Waals surface area contributed by atoms with E-state index in [1.54, 1.807) is 23.3 Å². The average molecular weight is 271 g/mol. The number of furan rings is 1. The van der Waals surface area contributed by atoms with Gasteiger partial charge in [-0.05, 0) is 30.5 Å². The molecule has 104 valence electrons. The van der Waals surface area contributed by atoms with Crippen molar-refractivity contribution in [2.75, 3.05) is 6.54 Å². The van der Waals surface area contributed by atoms with Crippen LogP contribution >= 0.6 is 0 Å². The van der Waals surface area contributed by atoms with Crippen molar-refractivity contribution in [3.8, 4) is 0 Å². The fourth-order valence-electron chi connectivity index (χ4n) is 2.74. The molecule has 1 saturated heterocycles. The molecular weight excluding hydrogens is 254 g/mol. The predicted molar refractivity (Wildman–Crippen MR) is 73.8 cm³/mol. The average Bonchev–Trinajstić information content (AvgIpc) is 3.16. The van der Waals surface area contributed by atoms with Gasteiger partial charge in [0.25, 0.3) is 5.91 Å². The molecule has 4 nitrogen and oxygen atoms in total. The van der Waals surface area contributed by atoms with E-state index in [4.69, 9.17) is 4.42 Å². The Balaban J connectivity index is 1.79. The van der Waals surface area contributed by atoms with Crippen molar-refractivity contribution < 1.29 is 14.3 Å². The first-order chi connectivity index (χ1) is 9.77. The lowest BCUT2D eigenvalue weighted by atomic mass is 10.1. The summed E-state index contributed by atoms with van der Waals surface area (Å²) in [6.07, 6.45) is 2.32. The first-order valence-corrected chi connectivity index (χ1v) is 6.84. The lowest BCUT2D eigenvalue weighted by Gasteiger charge is -2.25. The van der Waals surface area contributed by atoms with Crippen molar-refractivity contribution in [2.45, 2.75) is 25.0 Å². The summed E-state index contributed by atoms with van der Waals surface area (Å²) in [6, 6.07) is 12.7. The highest BCUT2D eigenvalue weighted by Gasteiger charge is 2.35. The number of aliphatic hydroxyl groups is 1. The Morgan fingerprint density at radius 3 is 2.75 bits per heavy atom. The summed E-state index contributed by atoms with van der Waals surface area (Å²) in [7, 11) is 0. The van der Waals surface area contributed by atoms with Gasteiger partial charge in [-0.1, -0.05) is 30.3 Å². The van der Waals surface area contributed by atoms with Gasteiger partial charge in [0.05, 0.1) is 12.3 Å². The summed E-state index contributed by atoms with van der Waals surface area (Å²) in [5, 5.41) is 10.2. The lowest BCUT2D eigenvalue weighted by Crippen LogP contribution is -2.34. The van der Waals surface area contributed by atoms with Gasteiger partial charge in [-0.3, -0.25) is 4.79 Å². The molecule has 2 atom stereocenters. The van der Waals surface area contributed by atoms with Crippen LogP contribution in [0.2, 0.25) is 0 Å². The van der Waals surface area contributed by atoms with E-state index in [0.717, 1.165) is 18.6 Å². The van der Waals surface area contributed by atoms with Crippen molar-refractivity contribution in [3.05, 3.63) is 60.1 Å². The van der Waals surface area contributed by atoms with E-state index in [0.29, 0.717) is 12.1 Å². The Morgan fingerprint density at radius 1 is 1.25 bits per heavy atom. The first-order valence-electron chi connectivity index (χ1n) is 6.84. The van der Waals surface area contributed by atoms with Crippen LogP contribution in [0, 0.1) is 0 Å². The third-order valence-corrected chi connectivity index (χ3v) is 3.76. The molecule has 2 heterocycles. The second-order valence-corrected chi connectivity index (χ2v) is 5.02. The number of hydrogen-bond donors (Lipinski definition) is 1. The maximum absolute atomic E-state index is 12.5. The van der Waals surface area contributed by atoms with E-state index >= 15 is 0 Å². The number of carbonyl (C=O) groups excluding carboxylic acids is 1. The van der Waals surface area contributed by atoms with E-state index in [-0.39, 0.29) is 11.9 Å². The maximum Gasteiger partial charge on any atom is 0.256 e. The van der Waals surface area contributed by atoms with Crippen LogP contribution in [-0.4, -0.2) is 22.5 Å². The molecule has 1 aliphatic heterocycles. The number of nitrogens with zero attached hydrogens (tertiary/aromatic N) is 1. The van der Waals surface area contributed by atoms with Crippen molar-refractivity contribution in [2.24, 2.45) is 0 Å². The molecular formula is C16H17NO3. The van der Waals surface area contributed by atoms with Gasteiger partial charge in [-0.2, -0.15) is 0 Å². The van der Waals surface area contributed by atoms with Gasteiger partial charge in [0.2, 0.25) is 0 Å². The van der Waals surface area contributed by atoms with Gasteiger partial charge in [0.1, 0.15) is 5.76 Å². The molecule has 20 heavy (non-hydrogen) atoms. The van der Waals surface area contributed by atoms with E-state index in [1.165, 1.54) is 0 Å². The Labute approximate surface area is 117 Å². The van der Waals surface area contributed by atoms with Gasteiger partial charge >= 0.3 is 0 Å². The number of aliphatic hydroxyl groups excluding tert-OH is 1. The second kappa shape index (κ2) is 5.51. The monoisotopic (exact) mass is 271 g/mol. The van der Waals surface area contributed by atoms with Gasteiger partial charge < -0.3 is 14.4 Å². The normalized spacial score (nSPS) is 20.1. The van der Waals surface area contributed by atoms with Gasteiger partial charge in [-0.25, -0.2) is 0 Å². The number of amides is 1. The van der Waals surface area contributed by atoms with Crippen LogP contribution in [-0.2, 0) is 4.79 Å². The SMILES string of the molecule is O=C([C@H](O)c1ccccc1)N1CCC[C@H]1c1ccco1. The third kappa shape index (κ3) is 2.34. The van der Waals surface area contributed by atoms with Crippen LogP contribution in [0.5, 0.6) is 0 Å². The van der Waals surface area contributed by atoms with Crippen molar-refractivity contribution in [1.29, 1.82) is 0 Å². The lowest BCUT2D eigenvalue weighted by molar-refractivity contribution is -0.141. The van der Waals surface area contributed by atoms with Crippen LogP contribution in [0.1, 0.15) is 36.3 Å². The highest BCUT2D eigenvalue weighted by molar-refractivity contribution is 5.82. The Kier molecular flexibility index (Phi) is 3.56. The Hall–Kier alpha value is -2.07. The molecule has 0 spiro atoms. The van der Waals surface area contributed by atoms with Gasteiger partial charge in [-0.15, -0.1) is 0 Å². The molecule has 1 aromatic carbocycles. The van der Waals surface area contributed by atoms with Crippen molar-refractivity contribution in [1.82, 2.24) is 4.90 Å². The summed E-state index contributed by atoms with van der Waals surface area (Å²) in [4.78, 5) is 14.2. The smallest absolute Gasteiger partial charge is 0.256 e. The molecule has 1 fully saturated rings. The standard InChI is InChI=1S/C16H17NO3/c18-15(12-6-2-1-3-7-12)16(19)17-10-4-8-13(17)14-9-5-11-20-14/h1-3,5-7,9,11,13,15,18H,4,8,10H2/t13-,15+/m0/s1. The van der Waals surface area contributed by atoms with E-state index < -0.39 is 6.10 Å². The highest BCUT2D eigenvalue weighted by Crippen LogP contribution is 2.34. The molecule has 1 N–H and O–H groups in total. The summed E-state index contributed by atoms with van der Waals surface area (Å²) >= 11 is 0. The van der Waals surface area contributed by atoms with E-state index in [1.807, 2.05) is 30.3 Å². The summed E-state index contributed by atoms with van der Waals surface area (Å²) in [5.41, 5.74) is 0.627. The van der Waals surface area contributed by atoms with Crippen LogP contribution in [0.3, 0.4) is 0 Å². The molecule has 0 radical (unpaired) electrons. The Bertz CT molecular complexity index is 565.